The van der Waals surface area contributed by atoms with Crippen LogP contribution in [0.1, 0.15) is 6.92 Å². The van der Waals surface area contributed by atoms with Crippen LogP contribution in [0, 0.1) is 6.07 Å². The molecular weight excluding hydrogens is 152 g/mol. The Morgan fingerprint density at radius 3 is 3.20 bits per heavy atom. The lowest BCUT2D eigenvalue weighted by Crippen LogP contribution is -1.96. The van der Waals surface area contributed by atoms with Crippen LogP contribution in [0.4, 0.5) is 0 Å². The van der Waals surface area contributed by atoms with Crippen LogP contribution in [-0.2, 0) is 0 Å². The zero-order valence-electron chi connectivity index (χ0n) is 5.47. The average molecular weight is 158 g/mol. The van der Waals surface area contributed by atoms with Crippen LogP contribution >= 0.6 is 11.6 Å². The highest BCUT2D eigenvalue weighted by Gasteiger charge is 1.94. The summed E-state index contributed by atoms with van der Waals surface area (Å²) >= 11 is 5.49. The molecule has 0 aromatic carbocycles. The molecule has 0 saturated heterocycles. The smallest absolute Gasteiger partial charge is 0.317 e. The molecule has 0 saturated carbocycles. The molecule has 1 rings (SSSR count). The summed E-state index contributed by atoms with van der Waals surface area (Å²) in [5.74, 6) is 0. The Kier molecular flexibility index (Phi) is 2.45. The largest absolute Gasteiger partial charge is 0.464 e. The summed E-state index contributed by atoms with van der Waals surface area (Å²) in [5.41, 5.74) is 0. The molecule has 10 heavy (non-hydrogen) atoms. The summed E-state index contributed by atoms with van der Waals surface area (Å²) in [5, 5.41) is 0.276. The first kappa shape index (κ1) is 7.28. The van der Waals surface area contributed by atoms with Crippen molar-refractivity contribution in [1.29, 1.82) is 0 Å². The van der Waals surface area contributed by atoms with Crippen molar-refractivity contribution >= 4 is 11.6 Å². The van der Waals surface area contributed by atoms with E-state index in [0.29, 0.717) is 12.6 Å². The number of rotatable bonds is 2. The first-order valence-corrected chi connectivity index (χ1v) is 3.23. The van der Waals surface area contributed by atoms with Gasteiger partial charge in [-0.05, 0) is 6.92 Å². The Balaban J connectivity index is 2.75. The third-order valence-electron chi connectivity index (χ3n) is 0.826. The second-order valence-corrected chi connectivity index (χ2v) is 1.88. The average Bonchev–Trinajstić information content (AvgIpc) is 1.88. The molecule has 0 aliphatic carbocycles. The molecule has 4 heteroatoms. The lowest BCUT2D eigenvalue weighted by molar-refractivity contribution is 0.312. The first-order chi connectivity index (χ1) is 4.83. The molecule has 0 unspecified atom stereocenters. The van der Waals surface area contributed by atoms with E-state index in [2.05, 4.69) is 16.0 Å². The van der Waals surface area contributed by atoms with Gasteiger partial charge in [0, 0.05) is 12.3 Å². The lowest BCUT2D eigenvalue weighted by Gasteiger charge is -1.97. The summed E-state index contributed by atoms with van der Waals surface area (Å²) in [7, 11) is 0. The van der Waals surface area contributed by atoms with Gasteiger partial charge in [0.1, 0.15) is 5.15 Å². The Labute approximate surface area is 64.0 Å². The molecule has 0 N–H and O–H groups in total. The fourth-order valence-electron chi connectivity index (χ4n) is 0.485. The molecule has 0 aliphatic heterocycles. The molecular formula is C6H6ClN2O. The van der Waals surface area contributed by atoms with Crippen molar-refractivity contribution in [3.63, 3.8) is 0 Å². The monoisotopic (exact) mass is 157 g/mol. The van der Waals surface area contributed by atoms with Gasteiger partial charge in [-0.1, -0.05) is 11.6 Å². The number of ether oxygens (including phenoxy) is 1. The summed E-state index contributed by atoms with van der Waals surface area (Å²) in [4.78, 5) is 7.50. The van der Waals surface area contributed by atoms with Gasteiger partial charge in [0.2, 0.25) is 0 Å². The van der Waals surface area contributed by atoms with Gasteiger partial charge in [0.15, 0.2) is 0 Å². The number of hydrogen-bond acceptors (Lipinski definition) is 3. The van der Waals surface area contributed by atoms with Gasteiger partial charge in [-0.2, -0.15) is 4.98 Å². The molecule has 1 radical (unpaired) electrons. The third kappa shape index (κ3) is 1.84. The molecule has 53 valence electrons. The predicted octanol–water partition coefficient (Wildman–Crippen LogP) is 1.33. The van der Waals surface area contributed by atoms with Crippen LogP contribution in [-0.4, -0.2) is 16.6 Å². The van der Waals surface area contributed by atoms with Gasteiger partial charge in [0.05, 0.1) is 6.61 Å². The van der Waals surface area contributed by atoms with Crippen LogP contribution in [0.15, 0.2) is 6.20 Å². The minimum Gasteiger partial charge on any atom is -0.464 e. The minimum atomic E-state index is 0.276. The van der Waals surface area contributed by atoms with Gasteiger partial charge < -0.3 is 4.74 Å². The highest BCUT2D eigenvalue weighted by atomic mass is 35.5. The molecule has 0 aliphatic rings. The van der Waals surface area contributed by atoms with Gasteiger partial charge in [-0.25, -0.2) is 4.98 Å². The van der Waals surface area contributed by atoms with Crippen molar-refractivity contribution in [2.45, 2.75) is 6.92 Å². The van der Waals surface area contributed by atoms with E-state index in [1.54, 1.807) is 0 Å². The summed E-state index contributed by atoms with van der Waals surface area (Å²) in [6.07, 6.45) is 1.43. The van der Waals surface area contributed by atoms with E-state index in [1.807, 2.05) is 6.92 Å². The van der Waals surface area contributed by atoms with Crippen molar-refractivity contribution in [3.05, 3.63) is 17.4 Å². The van der Waals surface area contributed by atoms with Crippen molar-refractivity contribution in [2.24, 2.45) is 0 Å². The highest BCUT2D eigenvalue weighted by molar-refractivity contribution is 6.29. The van der Waals surface area contributed by atoms with Gasteiger partial charge in [0.25, 0.3) is 0 Å². The fraction of sp³-hybridized carbons (Fsp3) is 0.333. The first-order valence-electron chi connectivity index (χ1n) is 2.86. The van der Waals surface area contributed by atoms with E-state index in [9.17, 15) is 0 Å². The molecule has 0 fully saturated rings. The lowest BCUT2D eigenvalue weighted by atomic mass is 10.7. The van der Waals surface area contributed by atoms with Gasteiger partial charge in [-0.15, -0.1) is 0 Å². The number of hydrogen-bond donors (Lipinski definition) is 0. The Bertz CT molecular complexity index is 217. The van der Waals surface area contributed by atoms with Crippen LogP contribution in [0.25, 0.3) is 0 Å². The third-order valence-corrected chi connectivity index (χ3v) is 1.02. The van der Waals surface area contributed by atoms with Crippen molar-refractivity contribution < 1.29 is 4.74 Å². The Hall–Kier alpha value is -0.830. The fourth-order valence-corrected chi connectivity index (χ4v) is 0.606. The molecule has 3 nitrogen and oxygen atoms in total. The Morgan fingerprint density at radius 2 is 2.60 bits per heavy atom. The van der Waals surface area contributed by atoms with Gasteiger partial charge in [-0.3, -0.25) is 0 Å². The second kappa shape index (κ2) is 3.37. The molecule has 1 aromatic heterocycles. The van der Waals surface area contributed by atoms with E-state index in [0.717, 1.165) is 0 Å². The molecule has 0 amide bonds. The molecule has 0 bridgehead atoms. The van der Waals surface area contributed by atoms with Gasteiger partial charge >= 0.3 is 6.01 Å². The molecule has 1 heterocycles. The minimum absolute atomic E-state index is 0.276. The van der Waals surface area contributed by atoms with Crippen LogP contribution in [0.5, 0.6) is 6.01 Å². The van der Waals surface area contributed by atoms with E-state index in [1.165, 1.54) is 6.20 Å². The topological polar surface area (TPSA) is 35.0 Å². The number of halogens is 1. The second-order valence-electron chi connectivity index (χ2n) is 1.52. The summed E-state index contributed by atoms with van der Waals surface area (Å²) in [6.45, 7) is 2.40. The maximum Gasteiger partial charge on any atom is 0.317 e. The SMILES string of the molecule is CCOc1nc[c]c(Cl)n1. The predicted molar refractivity (Wildman–Crippen MR) is 37.0 cm³/mol. The van der Waals surface area contributed by atoms with Crippen molar-refractivity contribution in [1.82, 2.24) is 9.97 Å². The maximum atomic E-state index is 5.49. The molecule has 1 aromatic rings. The van der Waals surface area contributed by atoms with E-state index < -0.39 is 0 Å². The number of aromatic nitrogens is 2. The van der Waals surface area contributed by atoms with Crippen LogP contribution in [0.3, 0.4) is 0 Å². The number of nitrogens with zero attached hydrogens (tertiary/aromatic N) is 2. The summed E-state index contributed by atoms with van der Waals surface area (Å²) < 4.78 is 4.96. The van der Waals surface area contributed by atoms with Crippen LogP contribution in [0.2, 0.25) is 5.15 Å². The van der Waals surface area contributed by atoms with Crippen molar-refractivity contribution in [2.75, 3.05) is 6.61 Å². The zero-order valence-corrected chi connectivity index (χ0v) is 6.22. The highest BCUT2D eigenvalue weighted by Crippen LogP contribution is 2.05. The molecule has 0 spiro atoms. The van der Waals surface area contributed by atoms with E-state index in [-0.39, 0.29) is 5.15 Å². The van der Waals surface area contributed by atoms with Crippen LogP contribution < -0.4 is 4.74 Å². The Morgan fingerprint density at radius 1 is 1.80 bits per heavy atom. The van der Waals surface area contributed by atoms with E-state index in [4.69, 9.17) is 16.3 Å². The summed E-state index contributed by atoms with van der Waals surface area (Å²) in [6, 6.07) is 2.89. The normalized spacial score (nSPS) is 9.40. The maximum absolute atomic E-state index is 5.49. The quantitative estimate of drug-likeness (QED) is 0.608. The zero-order chi connectivity index (χ0) is 7.40. The standard InChI is InChI=1S/C6H6ClN2O/c1-2-10-6-8-4-3-5(7)9-6/h4H,2H2,1H3. The molecule has 0 atom stereocenters. The van der Waals surface area contributed by atoms with Crippen molar-refractivity contribution in [3.8, 4) is 6.01 Å². The van der Waals surface area contributed by atoms with E-state index >= 15 is 0 Å².